The summed E-state index contributed by atoms with van der Waals surface area (Å²) in [7, 11) is -2.23. The van der Waals surface area contributed by atoms with Gasteiger partial charge in [0.2, 0.25) is 0 Å². The number of hydrogen-bond acceptors (Lipinski definition) is 3. The van der Waals surface area contributed by atoms with Crippen molar-refractivity contribution in [2.24, 2.45) is 4.40 Å². The molecule has 122 valence electrons. The second-order valence-electron chi connectivity index (χ2n) is 5.04. The maximum atomic E-state index is 12.3. The lowest BCUT2D eigenvalue weighted by Crippen LogP contribution is -2.09. The zero-order valence-electron chi connectivity index (χ0n) is 13.0. The van der Waals surface area contributed by atoms with Gasteiger partial charge in [-0.2, -0.15) is 12.8 Å². The van der Waals surface area contributed by atoms with Crippen LogP contribution >= 0.6 is 0 Å². The van der Waals surface area contributed by atoms with Crippen molar-refractivity contribution in [1.82, 2.24) is 4.57 Å². The molecule has 0 atom stereocenters. The molecule has 0 aliphatic heterocycles. The van der Waals surface area contributed by atoms with Crippen molar-refractivity contribution in [1.29, 1.82) is 0 Å². The third-order valence-corrected chi connectivity index (χ3v) is 4.77. The normalized spacial score (nSPS) is 11.0. The van der Waals surface area contributed by atoms with E-state index < -0.39 is 10.0 Å². The number of rotatable bonds is 4. The van der Waals surface area contributed by atoms with Crippen LogP contribution in [-0.4, -0.2) is 20.1 Å². The van der Waals surface area contributed by atoms with Crippen LogP contribution in [0, 0.1) is 0 Å². The van der Waals surface area contributed by atoms with E-state index in [9.17, 15) is 8.42 Å². The van der Waals surface area contributed by atoms with Crippen LogP contribution < -0.4 is 10.1 Å². The van der Waals surface area contributed by atoms with Crippen LogP contribution in [0.4, 0.5) is 0 Å². The first-order valence-corrected chi connectivity index (χ1v) is 8.71. The summed E-state index contributed by atoms with van der Waals surface area (Å²) >= 11 is 0. The molecule has 0 aliphatic carbocycles. The molecule has 24 heavy (non-hydrogen) atoms. The Morgan fingerprint density at radius 1 is 0.875 bits per heavy atom. The number of pyridine rings is 1. The van der Waals surface area contributed by atoms with Crippen molar-refractivity contribution < 1.29 is 13.2 Å². The summed E-state index contributed by atoms with van der Waals surface area (Å²) in [6.07, 6.45) is 3.55. The predicted molar refractivity (Wildman–Crippen MR) is 91.5 cm³/mol. The van der Waals surface area contributed by atoms with Crippen LogP contribution in [0.1, 0.15) is 0 Å². The topological polar surface area (TPSA) is 60.7 Å². The maximum Gasteiger partial charge on any atom is 0.282 e. The molecule has 5 nitrogen and oxygen atoms in total. The van der Waals surface area contributed by atoms with Crippen molar-refractivity contribution >= 4 is 10.0 Å². The van der Waals surface area contributed by atoms with E-state index in [1.165, 1.54) is 19.2 Å². The Hall–Kier alpha value is -2.86. The molecule has 0 unspecified atom stereocenters. The molecule has 1 heterocycles. The third kappa shape index (κ3) is 3.55. The first-order chi connectivity index (χ1) is 11.6. The van der Waals surface area contributed by atoms with E-state index >= 15 is 0 Å². The third-order valence-electron chi connectivity index (χ3n) is 3.45. The van der Waals surface area contributed by atoms with E-state index in [1.807, 2.05) is 34.9 Å². The molecule has 0 N–H and O–H groups in total. The molecule has 0 spiro atoms. The predicted octanol–water partition coefficient (Wildman–Crippen LogP) is 2.78. The summed E-state index contributed by atoms with van der Waals surface area (Å²) in [4.78, 5) is 0.128. The average molecular weight is 340 g/mol. The van der Waals surface area contributed by atoms with Crippen LogP contribution in [0.15, 0.2) is 88.4 Å². The summed E-state index contributed by atoms with van der Waals surface area (Å²) < 4.78 is 35.5. The number of aromatic nitrogens is 1. The number of hydrogen-bond donors (Lipinski definition) is 0. The van der Waals surface area contributed by atoms with Gasteiger partial charge in [0.15, 0.2) is 0 Å². The van der Waals surface area contributed by atoms with E-state index in [1.54, 1.807) is 36.7 Å². The van der Waals surface area contributed by atoms with E-state index in [2.05, 4.69) is 4.40 Å². The van der Waals surface area contributed by atoms with E-state index in [-0.39, 0.29) is 4.90 Å². The van der Waals surface area contributed by atoms with Crippen LogP contribution in [0.5, 0.6) is 5.75 Å². The van der Waals surface area contributed by atoms with Crippen molar-refractivity contribution in [3.05, 3.63) is 84.5 Å². The highest BCUT2D eigenvalue weighted by molar-refractivity contribution is 7.90. The van der Waals surface area contributed by atoms with Gasteiger partial charge in [-0.15, -0.1) is 0 Å². The fourth-order valence-corrected chi connectivity index (χ4v) is 3.18. The summed E-state index contributed by atoms with van der Waals surface area (Å²) in [5.74, 6) is 0.595. The average Bonchev–Trinajstić information content (AvgIpc) is 2.63. The molecular formula is C18H16N2O3S. The van der Waals surface area contributed by atoms with Crippen LogP contribution in [0.25, 0.3) is 5.69 Å². The minimum absolute atomic E-state index is 0.128. The molecule has 1 aromatic heterocycles. The molecule has 0 fully saturated rings. The molecule has 0 saturated carbocycles. The minimum Gasteiger partial charge on any atom is -0.497 e. The lowest BCUT2D eigenvalue weighted by molar-refractivity contribution is 0.414. The quantitative estimate of drug-likeness (QED) is 0.734. The summed E-state index contributed by atoms with van der Waals surface area (Å²) in [6.45, 7) is 0. The van der Waals surface area contributed by atoms with Gasteiger partial charge in [-0.3, -0.25) is 0 Å². The number of para-hydroxylation sites is 1. The molecule has 0 radical (unpaired) electrons. The van der Waals surface area contributed by atoms with Gasteiger partial charge in [0.05, 0.1) is 17.4 Å². The fourth-order valence-electron chi connectivity index (χ4n) is 2.19. The number of methoxy groups -OCH3 is 1. The second kappa shape index (κ2) is 6.72. The largest absolute Gasteiger partial charge is 0.497 e. The van der Waals surface area contributed by atoms with Crippen molar-refractivity contribution in [2.75, 3.05) is 7.11 Å². The van der Waals surface area contributed by atoms with Gasteiger partial charge < -0.3 is 9.30 Å². The zero-order chi connectivity index (χ0) is 17.0. The zero-order valence-corrected chi connectivity index (χ0v) is 13.8. The lowest BCUT2D eigenvalue weighted by atomic mass is 10.3. The van der Waals surface area contributed by atoms with Crippen LogP contribution in [-0.2, 0) is 10.0 Å². The van der Waals surface area contributed by atoms with Crippen molar-refractivity contribution in [3.8, 4) is 11.4 Å². The Morgan fingerprint density at radius 3 is 2.08 bits per heavy atom. The molecule has 0 amide bonds. The number of benzene rings is 2. The molecular weight excluding hydrogens is 324 g/mol. The van der Waals surface area contributed by atoms with Gasteiger partial charge >= 0.3 is 0 Å². The molecule has 2 aromatic carbocycles. The van der Waals surface area contributed by atoms with E-state index in [0.717, 1.165) is 5.69 Å². The monoisotopic (exact) mass is 340 g/mol. The molecule has 3 aromatic rings. The minimum atomic E-state index is -3.76. The SMILES string of the molecule is COc1ccc(S(=O)(=O)N=c2ccn(-c3ccccc3)cc2)cc1. The van der Waals surface area contributed by atoms with Crippen molar-refractivity contribution in [2.45, 2.75) is 4.90 Å². The Morgan fingerprint density at radius 2 is 1.50 bits per heavy atom. The Kier molecular flexibility index (Phi) is 4.48. The van der Waals surface area contributed by atoms with Crippen LogP contribution in [0.3, 0.4) is 0 Å². The molecule has 3 rings (SSSR count). The second-order valence-corrected chi connectivity index (χ2v) is 6.65. The highest BCUT2D eigenvalue weighted by atomic mass is 32.2. The Labute approximate surface area is 140 Å². The van der Waals surface area contributed by atoms with Gasteiger partial charge in [0, 0.05) is 18.1 Å². The lowest BCUT2D eigenvalue weighted by Gasteiger charge is -2.05. The smallest absolute Gasteiger partial charge is 0.282 e. The Bertz CT molecular complexity index is 972. The van der Waals surface area contributed by atoms with Crippen LogP contribution in [0.2, 0.25) is 0 Å². The molecule has 0 saturated heterocycles. The van der Waals surface area contributed by atoms with Gasteiger partial charge in [-0.05, 0) is 48.5 Å². The van der Waals surface area contributed by atoms with E-state index in [4.69, 9.17) is 4.74 Å². The number of sulfonamides is 1. The first-order valence-electron chi connectivity index (χ1n) is 7.27. The molecule has 0 bridgehead atoms. The summed E-state index contributed by atoms with van der Waals surface area (Å²) in [5, 5.41) is 0.373. The summed E-state index contributed by atoms with van der Waals surface area (Å²) in [6, 6.07) is 19.2. The van der Waals surface area contributed by atoms with Gasteiger partial charge in [0.25, 0.3) is 10.0 Å². The maximum absolute atomic E-state index is 12.3. The summed E-state index contributed by atoms with van der Waals surface area (Å²) in [5.41, 5.74) is 0.988. The molecule has 6 heteroatoms. The van der Waals surface area contributed by atoms with Gasteiger partial charge in [-0.1, -0.05) is 18.2 Å². The fraction of sp³-hybridized carbons (Fsp3) is 0.0556. The van der Waals surface area contributed by atoms with Gasteiger partial charge in [-0.25, -0.2) is 0 Å². The highest BCUT2D eigenvalue weighted by Crippen LogP contribution is 2.16. The Balaban J connectivity index is 1.92. The first kappa shape index (κ1) is 16.0. The van der Waals surface area contributed by atoms with Crippen molar-refractivity contribution in [3.63, 3.8) is 0 Å². The highest BCUT2D eigenvalue weighted by Gasteiger charge is 2.11. The van der Waals surface area contributed by atoms with E-state index in [0.29, 0.717) is 11.1 Å². The van der Waals surface area contributed by atoms with Gasteiger partial charge in [0.1, 0.15) is 5.75 Å². The number of nitrogens with zero attached hydrogens (tertiary/aromatic N) is 2. The standard InChI is InChI=1S/C18H16N2O3S/c1-23-17-7-9-18(10-8-17)24(21,22)19-15-11-13-20(14-12-15)16-5-3-2-4-6-16/h2-14H,1H3. The molecule has 0 aliphatic rings. The number of ether oxygens (including phenoxy) is 1.